The van der Waals surface area contributed by atoms with Crippen molar-refractivity contribution in [3.8, 4) is 22.3 Å². The highest BCUT2D eigenvalue weighted by Crippen LogP contribution is 2.51. The number of rotatable bonds is 9. The van der Waals surface area contributed by atoms with Crippen LogP contribution in [-0.4, -0.2) is 56.3 Å². The minimum Gasteiger partial charge on any atom is -0.369 e. The summed E-state index contributed by atoms with van der Waals surface area (Å²) in [5.41, 5.74) is 3.94. The smallest absolute Gasteiger partial charge is 0.369 e. The van der Waals surface area contributed by atoms with Crippen LogP contribution in [0.1, 0.15) is 36.0 Å². The Morgan fingerprint density at radius 2 is 1.32 bits per heavy atom. The second-order valence-corrected chi connectivity index (χ2v) is 12.2. The van der Waals surface area contributed by atoms with Gasteiger partial charge in [-0.15, -0.1) is 0 Å². The molecule has 1 N–H and O–H groups in total. The SMILES string of the molecule is O=C(NCC(F)(F)F)C1(CCCCN2CCN(c3cccc(-c4ccc(C(F)(F)F)cc4)c3)CC2)c2ccccc2-c2ccccc21. The van der Waals surface area contributed by atoms with Crippen molar-refractivity contribution in [3.63, 3.8) is 0 Å². The van der Waals surface area contributed by atoms with Gasteiger partial charge in [0.25, 0.3) is 0 Å². The van der Waals surface area contributed by atoms with E-state index < -0.39 is 35.8 Å². The van der Waals surface area contributed by atoms with Crippen LogP contribution in [-0.2, 0) is 16.4 Å². The molecule has 246 valence electrons. The molecule has 1 saturated heterocycles. The number of nitrogens with zero attached hydrogens (tertiary/aromatic N) is 2. The Balaban J connectivity index is 1.08. The monoisotopic (exact) mass is 651 g/mol. The Labute approximate surface area is 270 Å². The van der Waals surface area contributed by atoms with E-state index in [0.717, 1.165) is 90.3 Å². The summed E-state index contributed by atoms with van der Waals surface area (Å²) < 4.78 is 78.4. The summed E-state index contributed by atoms with van der Waals surface area (Å²) in [4.78, 5) is 18.3. The summed E-state index contributed by atoms with van der Waals surface area (Å²) in [6, 6.07) is 28.0. The molecule has 0 unspecified atom stereocenters. The summed E-state index contributed by atoms with van der Waals surface area (Å²) in [6.07, 6.45) is -7.07. The van der Waals surface area contributed by atoms with Gasteiger partial charge in [-0.1, -0.05) is 79.2 Å². The van der Waals surface area contributed by atoms with Crippen molar-refractivity contribution < 1.29 is 31.1 Å². The lowest BCUT2D eigenvalue weighted by molar-refractivity contribution is -0.141. The van der Waals surface area contributed by atoms with Crippen molar-refractivity contribution in [2.75, 3.05) is 44.2 Å². The average Bonchev–Trinajstić information content (AvgIpc) is 3.36. The van der Waals surface area contributed by atoms with Crippen LogP contribution in [0.2, 0.25) is 0 Å². The molecule has 4 aromatic rings. The molecule has 47 heavy (non-hydrogen) atoms. The van der Waals surface area contributed by atoms with Gasteiger partial charge in [0.2, 0.25) is 5.91 Å². The molecule has 0 aromatic heterocycles. The number of hydrogen-bond acceptors (Lipinski definition) is 3. The van der Waals surface area contributed by atoms with E-state index in [1.807, 2.05) is 72.8 Å². The first-order valence-corrected chi connectivity index (χ1v) is 15.8. The van der Waals surface area contributed by atoms with Crippen molar-refractivity contribution in [2.45, 2.75) is 37.0 Å². The number of benzene rings is 4. The lowest BCUT2D eigenvalue weighted by Crippen LogP contribution is -2.47. The van der Waals surface area contributed by atoms with Crippen LogP contribution in [0.25, 0.3) is 22.3 Å². The number of carbonyl (C=O) groups excluding carboxylic acids is 1. The van der Waals surface area contributed by atoms with Gasteiger partial charge in [-0.3, -0.25) is 9.69 Å². The topological polar surface area (TPSA) is 35.6 Å². The molecule has 0 bridgehead atoms. The van der Waals surface area contributed by atoms with Gasteiger partial charge in [0.1, 0.15) is 12.0 Å². The second-order valence-electron chi connectivity index (χ2n) is 12.2. The van der Waals surface area contributed by atoms with Crippen LogP contribution in [0.4, 0.5) is 32.0 Å². The number of fused-ring (bicyclic) bond motifs is 3. The Kier molecular flexibility index (Phi) is 9.07. The minimum atomic E-state index is -4.51. The lowest BCUT2D eigenvalue weighted by Gasteiger charge is -2.36. The predicted octanol–water partition coefficient (Wildman–Crippen LogP) is 8.31. The standard InChI is InChI=1S/C37H35F6N3O/c38-36(39,40)25-44-34(47)35(32-12-3-1-10-30(32)31-11-2-4-13-33(31)35)18-5-6-19-45-20-22-46(23-21-45)29-9-7-8-27(24-29)26-14-16-28(17-15-26)37(41,42)43/h1-4,7-17,24H,5-6,18-23,25H2,(H,44,47). The van der Waals surface area contributed by atoms with E-state index in [2.05, 4.69) is 15.1 Å². The van der Waals surface area contributed by atoms with E-state index in [1.165, 1.54) is 12.1 Å². The molecule has 6 rings (SSSR count). The molecule has 0 saturated carbocycles. The zero-order valence-electron chi connectivity index (χ0n) is 25.7. The van der Waals surface area contributed by atoms with Crippen LogP contribution < -0.4 is 10.2 Å². The molecule has 1 amide bonds. The molecule has 0 atom stereocenters. The Morgan fingerprint density at radius 3 is 1.91 bits per heavy atom. The molecule has 0 radical (unpaired) electrons. The van der Waals surface area contributed by atoms with Gasteiger partial charge >= 0.3 is 12.4 Å². The third kappa shape index (κ3) is 6.88. The maximum absolute atomic E-state index is 13.7. The van der Waals surface area contributed by atoms with Gasteiger partial charge < -0.3 is 10.2 Å². The van der Waals surface area contributed by atoms with E-state index in [1.54, 1.807) is 0 Å². The van der Waals surface area contributed by atoms with Crippen LogP contribution in [0.5, 0.6) is 0 Å². The number of unbranched alkanes of at least 4 members (excludes halogenated alkanes) is 1. The molecule has 1 heterocycles. The predicted molar refractivity (Wildman–Crippen MR) is 171 cm³/mol. The fourth-order valence-electron chi connectivity index (χ4n) is 6.97. The maximum Gasteiger partial charge on any atom is 0.416 e. The fraction of sp³-hybridized carbons (Fsp3) is 0.324. The molecule has 1 aliphatic heterocycles. The van der Waals surface area contributed by atoms with Crippen LogP contribution in [0.15, 0.2) is 97.1 Å². The zero-order chi connectivity index (χ0) is 33.2. The number of amides is 1. The molecular formula is C37H35F6N3O. The number of piperazine rings is 1. The number of carbonyl (C=O) groups is 1. The largest absolute Gasteiger partial charge is 0.416 e. The molecule has 1 fully saturated rings. The summed E-state index contributed by atoms with van der Waals surface area (Å²) in [5.74, 6) is -0.626. The van der Waals surface area contributed by atoms with E-state index >= 15 is 0 Å². The third-order valence-corrected chi connectivity index (χ3v) is 9.31. The zero-order valence-corrected chi connectivity index (χ0v) is 25.7. The highest BCUT2D eigenvalue weighted by Gasteiger charge is 2.49. The first-order valence-electron chi connectivity index (χ1n) is 15.8. The number of nitrogens with one attached hydrogen (secondary N) is 1. The van der Waals surface area contributed by atoms with Crippen LogP contribution in [0, 0.1) is 0 Å². The summed E-state index contributed by atoms with van der Waals surface area (Å²) in [6.45, 7) is 2.60. The maximum atomic E-state index is 13.7. The van der Waals surface area contributed by atoms with Crippen molar-refractivity contribution >= 4 is 11.6 Å². The van der Waals surface area contributed by atoms with Gasteiger partial charge in [-0.25, -0.2) is 0 Å². The first-order chi connectivity index (χ1) is 22.5. The fourth-order valence-corrected chi connectivity index (χ4v) is 6.97. The van der Waals surface area contributed by atoms with Crippen LogP contribution in [0.3, 0.4) is 0 Å². The highest BCUT2D eigenvalue weighted by atomic mass is 19.4. The third-order valence-electron chi connectivity index (χ3n) is 9.31. The quantitative estimate of drug-likeness (QED) is 0.146. The van der Waals surface area contributed by atoms with E-state index in [9.17, 15) is 31.1 Å². The number of anilines is 1. The van der Waals surface area contributed by atoms with E-state index in [4.69, 9.17) is 0 Å². The second kappa shape index (κ2) is 13.1. The van der Waals surface area contributed by atoms with Gasteiger partial charge in [0, 0.05) is 31.9 Å². The highest BCUT2D eigenvalue weighted by molar-refractivity contribution is 6.00. The summed E-state index contributed by atoms with van der Waals surface area (Å²) >= 11 is 0. The van der Waals surface area contributed by atoms with Crippen molar-refractivity contribution in [1.29, 1.82) is 0 Å². The number of halogens is 6. The lowest BCUT2D eigenvalue weighted by atomic mass is 9.73. The Bertz CT molecular complexity index is 1660. The van der Waals surface area contributed by atoms with Gasteiger partial charge in [0.15, 0.2) is 0 Å². The molecule has 2 aliphatic rings. The molecular weight excluding hydrogens is 616 g/mol. The van der Waals surface area contributed by atoms with Crippen molar-refractivity contribution in [1.82, 2.24) is 10.2 Å². The van der Waals surface area contributed by atoms with Crippen molar-refractivity contribution in [2.24, 2.45) is 0 Å². The van der Waals surface area contributed by atoms with Gasteiger partial charge in [-0.05, 0) is 77.0 Å². The number of alkyl halides is 6. The number of hydrogen-bond donors (Lipinski definition) is 1. The first kappa shape index (κ1) is 32.6. The van der Waals surface area contributed by atoms with Gasteiger partial charge in [-0.2, -0.15) is 26.3 Å². The molecule has 1 aliphatic carbocycles. The van der Waals surface area contributed by atoms with Crippen LogP contribution >= 0.6 is 0 Å². The normalized spacial score (nSPS) is 16.1. The molecule has 10 heteroatoms. The van der Waals surface area contributed by atoms with E-state index in [0.29, 0.717) is 12.8 Å². The van der Waals surface area contributed by atoms with Gasteiger partial charge in [0.05, 0.1) is 5.56 Å². The Morgan fingerprint density at radius 1 is 0.702 bits per heavy atom. The molecule has 4 nitrogen and oxygen atoms in total. The van der Waals surface area contributed by atoms with Crippen molar-refractivity contribution in [3.05, 3.63) is 114 Å². The molecule has 4 aromatic carbocycles. The average molecular weight is 652 g/mol. The molecule has 0 spiro atoms. The summed E-state index contributed by atoms with van der Waals surface area (Å²) in [5, 5.41) is 2.20. The minimum absolute atomic E-state index is 0.390. The van der Waals surface area contributed by atoms with E-state index in [-0.39, 0.29) is 0 Å². The summed E-state index contributed by atoms with van der Waals surface area (Å²) in [7, 11) is 0. The Hall–Kier alpha value is -4.31.